The third-order valence-electron chi connectivity index (χ3n) is 2.02. The van der Waals surface area contributed by atoms with E-state index < -0.39 is 10.9 Å². The van der Waals surface area contributed by atoms with E-state index in [1.807, 2.05) is 0 Å². The van der Waals surface area contributed by atoms with Gasteiger partial charge in [-0.25, -0.2) is 4.79 Å². The third kappa shape index (κ3) is 3.55. The van der Waals surface area contributed by atoms with Crippen LogP contribution in [0.1, 0.15) is 13.8 Å². The lowest BCUT2D eigenvalue weighted by atomic mass is 10.3. The van der Waals surface area contributed by atoms with Crippen molar-refractivity contribution in [2.75, 3.05) is 12.0 Å². The van der Waals surface area contributed by atoms with Crippen molar-refractivity contribution in [1.29, 1.82) is 0 Å². The lowest BCUT2D eigenvalue weighted by Gasteiger charge is -2.03. The van der Waals surface area contributed by atoms with E-state index in [9.17, 15) is 14.9 Å². The zero-order valence-electron chi connectivity index (χ0n) is 10.0. The highest BCUT2D eigenvalue weighted by Crippen LogP contribution is 2.22. The van der Waals surface area contributed by atoms with Gasteiger partial charge >= 0.3 is 5.97 Å². The first-order valence-electron chi connectivity index (χ1n) is 5.27. The predicted octanol–water partition coefficient (Wildman–Crippen LogP) is 1.95. The van der Waals surface area contributed by atoms with E-state index >= 15 is 0 Å². The Bertz CT molecular complexity index is 485. The zero-order valence-corrected chi connectivity index (χ0v) is 10.0. The minimum absolute atomic E-state index is 0.0926. The summed E-state index contributed by atoms with van der Waals surface area (Å²) in [6, 6.07) is 6.02. The van der Waals surface area contributed by atoms with Gasteiger partial charge in [0.15, 0.2) is 0 Å². The van der Waals surface area contributed by atoms with Crippen molar-refractivity contribution in [3.8, 4) is 0 Å². The molecule has 0 unspecified atom stereocenters. The van der Waals surface area contributed by atoms with Crippen LogP contribution in [-0.4, -0.2) is 23.2 Å². The summed E-state index contributed by atoms with van der Waals surface area (Å²) in [4.78, 5) is 21.5. The lowest BCUT2D eigenvalue weighted by molar-refractivity contribution is -0.384. The summed E-state index contributed by atoms with van der Waals surface area (Å²) in [5, 5.41) is 14.5. The van der Waals surface area contributed by atoms with Crippen LogP contribution in [0.3, 0.4) is 0 Å². The molecule has 7 heteroatoms. The van der Waals surface area contributed by atoms with Crippen LogP contribution in [0, 0.1) is 10.1 Å². The van der Waals surface area contributed by atoms with Crippen LogP contribution in [-0.2, 0) is 9.53 Å². The van der Waals surface area contributed by atoms with Crippen molar-refractivity contribution in [2.45, 2.75) is 13.8 Å². The molecule has 0 fully saturated rings. The maximum atomic E-state index is 11.3. The maximum absolute atomic E-state index is 11.3. The molecule has 7 nitrogen and oxygen atoms in total. The fourth-order valence-electron chi connectivity index (χ4n) is 1.15. The molecule has 1 aromatic rings. The van der Waals surface area contributed by atoms with Gasteiger partial charge in [0.25, 0.3) is 5.69 Å². The molecule has 0 aliphatic carbocycles. The smallest absolute Gasteiger partial charge is 0.354 e. The fourth-order valence-corrected chi connectivity index (χ4v) is 1.15. The van der Waals surface area contributed by atoms with Crippen LogP contribution in [0.2, 0.25) is 0 Å². The Morgan fingerprint density at radius 1 is 1.50 bits per heavy atom. The molecule has 0 spiro atoms. The molecule has 0 aromatic heterocycles. The van der Waals surface area contributed by atoms with Crippen molar-refractivity contribution in [3.05, 3.63) is 34.4 Å². The molecular weight excluding hydrogens is 238 g/mol. The average Bonchev–Trinajstić information content (AvgIpc) is 2.36. The number of carbonyl (C=O) groups is 1. The highest BCUT2D eigenvalue weighted by atomic mass is 16.6. The molecule has 0 heterocycles. The number of hydrazone groups is 1. The minimum Gasteiger partial charge on any atom is -0.461 e. The van der Waals surface area contributed by atoms with Crippen LogP contribution in [0.4, 0.5) is 11.4 Å². The number of hydrogen-bond donors (Lipinski definition) is 1. The van der Waals surface area contributed by atoms with E-state index in [0.717, 1.165) is 0 Å². The molecule has 0 atom stereocenters. The van der Waals surface area contributed by atoms with Crippen molar-refractivity contribution < 1.29 is 14.5 Å². The van der Waals surface area contributed by atoms with E-state index in [1.54, 1.807) is 19.1 Å². The van der Waals surface area contributed by atoms with Crippen molar-refractivity contribution >= 4 is 23.1 Å². The number of benzene rings is 1. The van der Waals surface area contributed by atoms with Gasteiger partial charge in [0.05, 0.1) is 11.5 Å². The summed E-state index contributed by atoms with van der Waals surface area (Å²) in [6.07, 6.45) is 0. The first-order valence-corrected chi connectivity index (χ1v) is 5.27. The van der Waals surface area contributed by atoms with Crippen LogP contribution < -0.4 is 5.43 Å². The Morgan fingerprint density at radius 2 is 2.17 bits per heavy atom. The monoisotopic (exact) mass is 251 g/mol. The van der Waals surface area contributed by atoms with Crippen LogP contribution in [0.25, 0.3) is 0 Å². The number of nitro groups is 1. The largest absolute Gasteiger partial charge is 0.461 e. The minimum atomic E-state index is -0.566. The van der Waals surface area contributed by atoms with Crippen molar-refractivity contribution in [3.63, 3.8) is 0 Å². The average molecular weight is 251 g/mol. The number of hydrogen-bond acceptors (Lipinski definition) is 6. The lowest BCUT2D eigenvalue weighted by Crippen LogP contribution is -2.15. The quantitative estimate of drug-likeness (QED) is 0.373. The molecule has 0 saturated heterocycles. The van der Waals surface area contributed by atoms with Gasteiger partial charge in [-0.15, -0.1) is 0 Å². The molecule has 1 N–H and O–H groups in total. The first kappa shape index (κ1) is 13.6. The van der Waals surface area contributed by atoms with E-state index in [-0.39, 0.29) is 23.7 Å². The first-order chi connectivity index (χ1) is 8.56. The molecule has 96 valence electrons. The number of esters is 1. The Balaban J connectivity index is 2.83. The Morgan fingerprint density at radius 3 is 2.78 bits per heavy atom. The van der Waals surface area contributed by atoms with Gasteiger partial charge in [-0.3, -0.25) is 15.5 Å². The summed E-state index contributed by atoms with van der Waals surface area (Å²) in [5.74, 6) is -0.566. The van der Waals surface area contributed by atoms with Crippen molar-refractivity contribution in [2.24, 2.45) is 5.10 Å². The number of rotatable bonds is 5. The van der Waals surface area contributed by atoms with E-state index in [1.165, 1.54) is 19.1 Å². The Kier molecular flexibility index (Phi) is 4.79. The number of nitrogens with zero attached hydrogens (tertiary/aromatic N) is 2. The highest BCUT2D eigenvalue weighted by Gasteiger charge is 2.12. The number of para-hydroxylation sites is 2. The van der Waals surface area contributed by atoms with Gasteiger partial charge in [0, 0.05) is 6.07 Å². The molecular formula is C11H13N3O4. The molecule has 1 rings (SSSR count). The number of nitro benzene ring substituents is 1. The molecule has 0 radical (unpaired) electrons. The van der Waals surface area contributed by atoms with E-state index in [4.69, 9.17) is 4.74 Å². The standard InChI is InChI=1S/C11H13N3O4/c1-3-18-11(15)8(2)12-13-9-6-4-5-7-10(9)14(16)17/h4-7,13H,3H2,1-2H3. The number of anilines is 1. The summed E-state index contributed by atoms with van der Waals surface area (Å²) < 4.78 is 4.73. The Hall–Kier alpha value is -2.44. The van der Waals surface area contributed by atoms with Crippen LogP contribution in [0.15, 0.2) is 29.4 Å². The number of nitrogens with one attached hydrogen (secondary N) is 1. The van der Waals surface area contributed by atoms with Gasteiger partial charge in [-0.2, -0.15) is 5.10 Å². The van der Waals surface area contributed by atoms with Gasteiger partial charge in [0.1, 0.15) is 11.4 Å². The molecule has 0 amide bonds. The molecule has 18 heavy (non-hydrogen) atoms. The van der Waals surface area contributed by atoms with Gasteiger partial charge < -0.3 is 4.74 Å². The van der Waals surface area contributed by atoms with Crippen LogP contribution in [0.5, 0.6) is 0 Å². The van der Waals surface area contributed by atoms with E-state index in [0.29, 0.717) is 0 Å². The number of carbonyl (C=O) groups excluding carboxylic acids is 1. The molecule has 0 saturated carbocycles. The second kappa shape index (κ2) is 6.33. The van der Waals surface area contributed by atoms with Crippen LogP contribution >= 0.6 is 0 Å². The third-order valence-corrected chi connectivity index (χ3v) is 2.02. The van der Waals surface area contributed by atoms with Gasteiger partial charge in [0.2, 0.25) is 0 Å². The van der Waals surface area contributed by atoms with E-state index in [2.05, 4.69) is 10.5 Å². The summed E-state index contributed by atoms with van der Waals surface area (Å²) >= 11 is 0. The molecule has 1 aromatic carbocycles. The Labute approximate surface area is 104 Å². The maximum Gasteiger partial charge on any atom is 0.354 e. The second-order valence-corrected chi connectivity index (χ2v) is 3.30. The topological polar surface area (TPSA) is 93.8 Å². The molecule has 0 bridgehead atoms. The van der Waals surface area contributed by atoms with Crippen molar-refractivity contribution in [1.82, 2.24) is 0 Å². The highest BCUT2D eigenvalue weighted by molar-refractivity contribution is 6.35. The summed E-state index contributed by atoms with van der Waals surface area (Å²) in [7, 11) is 0. The SMILES string of the molecule is CCOC(=O)C(C)=NNc1ccccc1[N+](=O)[O-]. The zero-order chi connectivity index (χ0) is 13.5. The summed E-state index contributed by atoms with van der Waals surface area (Å²) in [6.45, 7) is 3.39. The second-order valence-electron chi connectivity index (χ2n) is 3.30. The predicted molar refractivity (Wildman–Crippen MR) is 66.5 cm³/mol. The molecule has 0 aliphatic rings. The van der Waals surface area contributed by atoms with Gasteiger partial charge in [-0.1, -0.05) is 12.1 Å². The normalized spacial score (nSPS) is 10.9. The fraction of sp³-hybridized carbons (Fsp3) is 0.273. The summed E-state index contributed by atoms with van der Waals surface area (Å²) in [5.41, 5.74) is 2.67. The van der Waals surface area contributed by atoms with Gasteiger partial charge in [-0.05, 0) is 19.9 Å². The molecule has 0 aliphatic heterocycles. The number of ether oxygens (including phenoxy) is 1.